The van der Waals surface area contributed by atoms with Gasteiger partial charge in [0, 0.05) is 19.3 Å². The number of carbonyl (C=O) groups excluding carboxylic acids is 2. The molecular weight excluding hydrogens is 210 g/mol. The molecule has 0 radical (unpaired) electrons. The summed E-state index contributed by atoms with van der Waals surface area (Å²) in [5.41, 5.74) is 0.243. The van der Waals surface area contributed by atoms with Crippen LogP contribution in [0.4, 0.5) is 0 Å². The maximum Gasteiger partial charge on any atom is 0.356 e. The molecule has 6 nitrogen and oxygen atoms in total. The van der Waals surface area contributed by atoms with Gasteiger partial charge in [-0.3, -0.25) is 9.89 Å². The zero-order valence-electron chi connectivity index (χ0n) is 9.40. The molecule has 0 fully saturated rings. The number of H-pyrrole nitrogens is 1. The molecule has 1 aromatic rings. The lowest BCUT2D eigenvalue weighted by molar-refractivity contribution is -0.134. The fraction of sp³-hybridized carbons (Fsp3) is 0.500. The maximum absolute atomic E-state index is 11.5. The van der Waals surface area contributed by atoms with Gasteiger partial charge in [0.25, 0.3) is 5.91 Å². The standard InChI is InChI=1S/C10H15N3O3/c1-3-13(4-2)9(14)7-16-10(15)8-5-6-11-12-8/h5-6H,3-4,7H2,1-2H3,(H,11,12). The van der Waals surface area contributed by atoms with Gasteiger partial charge in [-0.2, -0.15) is 5.10 Å². The lowest BCUT2D eigenvalue weighted by Gasteiger charge is -2.17. The van der Waals surface area contributed by atoms with Crippen LogP contribution in [0.5, 0.6) is 0 Å². The molecule has 0 aliphatic rings. The summed E-state index contributed by atoms with van der Waals surface area (Å²) in [7, 11) is 0. The summed E-state index contributed by atoms with van der Waals surface area (Å²) >= 11 is 0. The van der Waals surface area contributed by atoms with Gasteiger partial charge in [-0.1, -0.05) is 0 Å². The van der Waals surface area contributed by atoms with E-state index in [1.807, 2.05) is 13.8 Å². The molecule has 0 aliphatic heterocycles. The highest BCUT2D eigenvalue weighted by molar-refractivity contribution is 5.89. The van der Waals surface area contributed by atoms with Crippen molar-refractivity contribution in [1.82, 2.24) is 15.1 Å². The second kappa shape index (κ2) is 5.89. The summed E-state index contributed by atoms with van der Waals surface area (Å²) in [6, 6.07) is 1.49. The lowest BCUT2D eigenvalue weighted by atomic mass is 10.4. The number of ether oxygens (including phenoxy) is 1. The van der Waals surface area contributed by atoms with Gasteiger partial charge in [0.05, 0.1) is 0 Å². The second-order valence-electron chi connectivity index (χ2n) is 3.11. The fourth-order valence-corrected chi connectivity index (χ4v) is 1.24. The predicted octanol–water partition coefficient (Wildman–Crippen LogP) is 0.435. The minimum atomic E-state index is -0.571. The molecule has 88 valence electrons. The SMILES string of the molecule is CCN(CC)C(=O)COC(=O)c1ccn[nH]1. The molecule has 0 unspecified atom stereocenters. The smallest absolute Gasteiger partial charge is 0.356 e. The summed E-state index contributed by atoms with van der Waals surface area (Å²) in [6.07, 6.45) is 1.45. The first kappa shape index (κ1) is 12.2. The third-order valence-corrected chi connectivity index (χ3v) is 2.16. The third-order valence-electron chi connectivity index (χ3n) is 2.16. The van der Waals surface area contributed by atoms with E-state index < -0.39 is 5.97 Å². The molecule has 1 N–H and O–H groups in total. The summed E-state index contributed by atoms with van der Waals surface area (Å²) < 4.78 is 4.83. The predicted molar refractivity (Wildman–Crippen MR) is 56.8 cm³/mol. The molecule has 6 heteroatoms. The molecule has 1 aromatic heterocycles. The zero-order chi connectivity index (χ0) is 12.0. The van der Waals surface area contributed by atoms with Crippen LogP contribution >= 0.6 is 0 Å². The quantitative estimate of drug-likeness (QED) is 0.737. The van der Waals surface area contributed by atoms with Crippen molar-refractivity contribution in [2.45, 2.75) is 13.8 Å². The number of aromatic nitrogens is 2. The number of nitrogens with zero attached hydrogens (tertiary/aromatic N) is 2. The van der Waals surface area contributed by atoms with Crippen molar-refractivity contribution >= 4 is 11.9 Å². The molecule has 1 amide bonds. The maximum atomic E-state index is 11.5. The fourth-order valence-electron chi connectivity index (χ4n) is 1.24. The van der Waals surface area contributed by atoms with Crippen molar-refractivity contribution in [2.24, 2.45) is 0 Å². The van der Waals surface area contributed by atoms with Crippen molar-refractivity contribution < 1.29 is 14.3 Å². The number of likely N-dealkylation sites (N-methyl/N-ethyl adjacent to an activating group) is 1. The highest BCUT2D eigenvalue weighted by atomic mass is 16.5. The van der Waals surface area contributed by atoms with E-state index in [4.69, 9.17) is 4.74 Å². The number of esters is 1. The molecule has 0 aromatic carbocycles. The molecule has 0 atom stereocenters. The molecule has 0 spiro atoms. The van der Waals surface area contributed by atoms with Gasteiger partial charge < -0.3 is 9.64 Å². The number of amides is 1. The van der Waals surface area contributed by atoms with Crippen molar-refractivity contribution in [3.05, 3.63) is 18.0 Å². The summed E-state index contributed by atoms with van der Waals surface area (Å²) in [6.45, 7) is 4.73. The number of rotatable bonds is 5. The van der Waals surface area contributed by atoms with E-state index in [9.17, 15) is 9.59 Å². The van der Waals surface area contributed by atoms with Crippen molar-refractivity contribution in [1.29, 1.82) is 0 Å². The van der Waals surface area contributed by atoms with Crippen LogP contribution in [0.3, 0.4) is 0 Å². The first-order valence-corrected chi connectivity index (χ1v) is 5.13. The molecule has 0 saturated heterocycles. The normalized spacial score (nSPS) is 9.88. The van der Waals surface area contributed by atoms with Gasteiger partial charge in [0.1, 0.15) is 5.69 Å². The number of nitrogens with one attached hydrogen (secondary N) is 1. The number of hydrogen-bond acceptors (Lipinski definition) is 4. The Bertz CT molecular complexity index is 344. The minimum absolute atomic E-state index is 0.196. The van der Waals surface area contributed by atoms with E-state index in [-0.39, 0.29) is 18.2 Å². The van der Waals surface area contributed by atoms with E-state index in [1.54, 1.807) is 4.90 Å². The van der Waals surface area contributed by atoms with Crippen molar-refractivity contribution in [3.8, 4) is 0 Å². The molecule has 1 rings (SSSR count). The molecule has 0 aliphatic carbocycles. The summed E-state index contributed by atoms with van der Waals surface area (Å²) in [5, 5.41) is 6.09. The Hall–Kier alpha value is -1.85. The third kappa shape index (κ3) is 3.08. The first-order valence-electron chi connectivity index (χ1n) is 5.13. The highest BCUT2D eigenvalue weighted by Crippen LogP contribution is 1.97. The Labute approximate surface area is 93.6 Å². The van der Waals surface area contributed by atoms with E-state index in [0.29, 0.717) is 13.1 Å². The van der Waals surface area contributed by atoms with Crippen molar-refractivity contribution in [3.63, 3.8) is 0 Å². The lowest BCUT2D eigenvalue weighted by Crippen LogP contribution is -2.34. The van der Waals surface area contributed by atoms with Gasteiger partial charge >= 0.3 is 5.97 Å². The minimum Gasteiger partial charge on any atom is -0.451 e. The topological polar surface area (TPSA) is 75.3 Å². The van der Waals surface area contributed by atoms with Crippen molar-refractivity contribution in [2.75, 3.05) is 19.7 Å². The van der Waals surface area contributed by atoms with Crippen LogP contribution in [0.25, 0.3) is 0 Å². The van der Waals surface area contributed by atoms with Crippen LogP contribution in [0.1, 0.15) is 24.3 Å². The van der Waals surface area contributed by atoms with E-state index in [0.717, 1.165) is 0 Å². The van der Waals surface area contributed by atoms with Gasteiger partial charge in [-0.25, -0.2) is 4.79 Å². The molecule has 0 bridgehead atoms. The number of hydrogen-bond donors (Lipinski definition) is 1. The summed E-state index contributed by atoms with van der Waals surface area (Å²) in [4.78, 5) is 24.4. The average molecular weight is 225 g/mol. The summed E-state index contributed by atoms with van der Waals surface area (Å²) in [5.74, 6) is -0.768. The van der Waals surface area contributed by atoms with Gasteiger partial charge in [-0.05, 0) is 19.9 Å². The van der Waals surface area contributed by atoms with Gasteiger partial charge in [-0.15, -0.1) is 0 Å². The number of carbonyl (C=O) groups is 2. The highest BCUT2D eigenvalue weighted by Gasteiger charge is 2.14. The second-order valence-corrected chi connectivity index (χ2v) is 3.11. The van der Waals surface area contributed by atoms with E-state index in [2.05, 4.69) is 10.2 Å². The van der Waals surface area contributed by atoms with Crippen LogP contribution in [-0.2, 0) is 9.53 Å². The number of aromatic amines is 1. The largest absolute Gasteiger partial charge is 0.451 e. The van der Waals surface area contributed by atoms with Crippen LogP contribution in [-0.4, -0.2) is 46.7 Å². The Morgan fingerprint density at radius 1 is 1.44 bits per heavy atom. The monoisotopic (exact) mass is 225 g/mol. The molecular formula is C10H15N3O3. The Morgan fingerprint density at radius 3 is 2.62 bits per heavy atom. The Morgan fingerprint density at radius 2 is 2.12 bits per heavy atom. The Kier molecular flexibility index (Phi) is 4.50. The van der Waals surface area contributed by atoms with E-state index in [1.165, 1.54) is 12.3 Å². The average Bonchev–Trinajstić information content (AvgIpc) is 2.81. The van der Waals surface area contributed by atoms with Crippen LogP contribution in [0.2, 0.25) is 0 Å². The van der Waals surface area contributed by atoms with E-state index >= 15 is 0 Å². The molecule has 1 heterocycles. The first-order chi connectivity index (χ1) is 7.69. The molecule has 0 saturated carbocycles. The van der Waals surface area contributed by atoms with Gasteiger partial charge in [0.15, 0.2) is 6.61 Å². The zero-order valence-corrected chi connectivity index (χ0v) is 9.40. The van der Waals surface area contributed by atoms with Crippen LogP contribution in [0, 0.1) is 0 Å². The molecule has 16 heavy (non-hydrogen) atoms. The van der Waals surface area contributed by atoms with Gasteiger partial charge in [0.2, 0.25) is 0 Å². The van der Waals surface area contributed by atoms with Crippen LogP contribution in [0.15, 0.2) is 12.3 Å². The van der Waals surface area contributed by atoms with Crippen LogP contribution < -0.4 is 0 Å². The Balaban J connectivity index is 2.40.